The van der Waals surface area contributed by atoms with Gasteiger partial charge in [-0.05, 0) is 41.5 Å². The van der Waals surface area contributed by atoms with E-state index in [1.165, 1.54) is 16.5 Å². The summed E-state index contributed by atoms with van der Waals surface area (Å²) in [6, 6.07) is 5.77. The molecule has 7 nitrogen and oxygen atoms in total. The van der Waals surface area contributed by atoms with Crippen LogP contribution in [0.25, 0.3) is 5.69 Å². The molecule has 2 aromatic rings. The van der Waals surface area contributed by atoms with Gasteiger partial charge in [0.1, 0.15) is 12.2 Å². The summed E-state index contributed by atoms with van der Waals surface area (Å²) in [6.45, 7) is 3.88. The number of nitrogens with zero attached hydrogens (tertiary/aromatic N) is 5. The second kappa shape index (κ2) is 6.57. The monoisotopic (exact) mass is 307 g/mol. The van der Waals surface area contributed by atoms with E-state index < -0.39 is 0 Å². The van der Waals surface area contributed by atoms with Crippen molar-refractivity contribution in [1.29, 1.82) is 0 Å². The van der Waals surface area contributed by atoms with E-state index in [1.807, 2.05) is 32.0 Å². The van der Waals surface area contributed by atoms with Gasteiger partial charge >= 0.3 is 5.69 Å². The topological polar surface area (TPSA) is 74.3 Å². The molecule has 0 spiro atoms. The number of rotatable bonds is 4. The lowest BCUT2D eigenvalue weighted by atomic mass is 10.1. The molecule has 0 aliphatic heterocycles. The molecule has 0 saturated carbocycles. The first-order chi connectivity index (χ1) is 10.0. The molecule has 0 fully saturated rings. The number of tetrazole rings is 1. The molecular formula is C13H17N5O2S. The fourth-order valence-corrected chi connectivity index (χ4v) is 2.73. The quantitative estimate of drug-likeness (QED) is 0.486. The van der Waals surface area contributed by atoms with Gasteiger partial charge < -0.3 is 4.84 Å². The second-order valence-corrected chi connectivity index (χ2v) is 5.62. The summed E-state index contributed by atoms with van der Waals surface area (Å²) in [6.07, 6.45) is 0. The Morgan fingerprint density at radius 3 is 2.81 bits per heavy atom. The van der Waals surface area contributed by atoms with Crippen LogP contribution in [0, 0.1) is 6.92 Å². The van der Waals surface area contributed by atoms with Crippen molar-refractivity contribution in [3.8, 4) is 5.69 Å². The van der Waals surface area contributed by atoms with Crippen molar-refractivity contribution >= 4 is 16.8 Å². The fraction of sp³-hybridized carbons (Fsp3) is 0.385. The molecule has 0 bridgehead atoms. The summed E-state index contributed by atoms with van der Waals surface area (Å²) in [5.41, 5.74) is 2.58. The number of oxime groups is 1. The first kappa shape index (κ1) is 15.3. The Morgan fingerprint density at radius 1 is 1.43 bits per heavy atom. The molecule has 112 valence electrons. The molecule has 0 saturated heterocycles. The lowest BCUT2D eigenvalue weighted by Gasteiger charge is -2.10. The summed E-state index contributed by atoms with van der Waals surface area (Å²) in [7, 11) is 3.09. The van der Waals surface area contributed by atoms with Crippen LogP contribution < -0.4 is 5.69 Å². The molecule has 21 heavy (non-hydrogen) atoms. The highest BCUT2D eigenvalue weighted by molar-refractivity contribution is 8.13. The maximum Gasteiger partial charge on any atom is 0.368 e. The molecule has 0 aliphatic carbocycles. The standard InChI is InChI=1S/C13H17N5O2S/c1-9-6-5-7-12(18-13(19)17(3)15-16-18)11(9)8-21-10(2)14-20-4/h5-7H,8H2,1-4H3. The highest BCUT2D eigenvalue weighted by atomic mass is 32.2. The van der Waals surface area contributed by atoms with Crippen molar-refractivity contribution in [2.24, 2.45) is 12.2 Å². The van der Waals surface area contributed by atoms with Crippen LogP contribution in [-0.2, 0) is 17.6 Å². The summed E-state index contributed by atoms with van der Waals surface area (Å²) in [4.78, 5) is 16.8. The maximum absolute atomic E-state index is 12.0. The summed E-state index contributed by atoms with van der Waals surface area (Å²) in [5.74, 6) is 0.670. The normalized spacial score (nSPS) is 11.7. The Morgan fingerprint density at radius 2 is 2.19 bits per heavy atom. The van der Waals surface area contributed by atoms with E-state index in [2.05, 4.69) is 15.6 Å². The zero-order chi connectivity index (χ0) is 15.4. The maximum atomic E-state index is 12.0. The Labute approximate surface area is 126 Å². The predicted octanol–water partition coefficient (Wildman–Crippen LogP) is 1.49. The van der Waals surface area contributed by atoms with E-state index in [9.17, 15) is 4.79 Å². The predicted molar refractivity (Wildman–Crippen MR) is 82.8 cm³/mol. The minimum Gasteiger partial charge on any atom is -0.399 e. The molecule has 0 radical (unpaired) electrons. The van der Waals surface area contributed by atoms with Crippen LogP contribution >= 0.6 is 11.8 Å². The molecule has 0 atom stereocenters. The molecule has 0 unspecified atom stereocenters. The van der Waals surface area contributed by atoms with E-state index in [0.29, 0.717) is 5.75 Å². The van der Waals surface area contributed by atoms with Crippen LogP contribution in [0.3, 0.4) is 0 Å². The molecule has 0 aliphatic rings. The van der Waals surface area contributed by atoms with Gasteiger partial charge in [-0.15, -0.1) is 11.8 Å². The third kappa shape index (κ3) is 3.33. The average Bonchev–Trinajstić information content (AvgIpc) is 2.78. The number of hydrogen-bond donors (Lipinski definition) is 0. The van der Waals surface area contributed by atoms with Gasteiger partial charge in [0.05, 0.1) is 5.69 Å². The van der Waals surface area contributed by atoms with Gasteiger partial charge in [-0.1, -0.05) is 17.3 Å². The average molecular weight is 307 g/mol. The Hall–Kier alpha value is -2.09. The Kier molecular flexibility index (Phi) is 4.79. The second-order valence-electron chi connectivity index (χ2n) is 4.45. The summed E-state index contributed by atoms with van der Waals surface area (Å²) in [5, 5.41) is 12.3. The van der Waals surface area contributed by atoms with Crippen LogP contribution in [0.1, 0.15) is 18.1 Å². The first-order valence-electron chi connectivity index (χ1n) is 6.33. The van der Waals surface area contributed by atoms with E-state index in [-0.39, 0.29) is 5.69 Å². The molecule has 8 heteroatoms. The van der Waals surface area contributed by atoms with Gasteiger partial charge in [0.15, 0.2) is 0 Å². The first-order valence-corrected chi connectivity index (χ1v) is 7.31. The highest BCUT2D eigenvalue weighted by Gasteiger charge is 2.13. The zero-order valence-electron chi connectivity index (χ0n) is 12.4. The lowest BCUT2D eigenvalue weighted by molar-refractivity contribution is 0.214. The van der Waals surface area contributed by atoms with Crippen LogP contribution in [0.15, 0.2) is 28.1 Å². The highest BCUT2D eigenvalue weighted by Crippen LogP contribution is 2.23. The molecule has 1 aromatic carbocycles. The van der Waals surface area contributed by atoms with E-state index in [1.54, 1.807) is 18.8 Å². The third-order valence-corrected chi connectivity index (χ3v) is 3.91. The molecule has 0 amide bonds. The van der Waals surface area contributed by atoms with Crippen LogP contribution in [0.4, 0.5) is 0 Å². The van der Waals surface area contributed by atoms with Gasteiger partial charge in [0, 0.05) is 12.8 Å². The fourth-order valence-electron chi connectivity index (χ4n) is 1.87. The van der Waals surface area contributed by atoms with Crippen molar-refractivity contribution in [3.63, 3.8) is 0 Å². The minimum absolute atomic E-state index is 0.269. The van der Waals surface area contributed by atoms with E-state index in [0.717, 1.165) is 21.9 Å². The van der Waals surface area contributed by atoms with E-state index >= 15 is 0 Å². The Balaban J connectivity index is 2.39. The van der Waals surface area contributed by atoms with Crippen LogP contribution in [0.5, 0.6) is 0 Å². The van der Waals surface area contributed by atoms with Gasteiger partial charge in [0.2, 0.25) is 0 Å². The Bertz CT molecular complexity index is 720. The molecular weight excluding hydrogens is 290 g/mol. The molecule has 2 rings (SSSR count). The minimum atomic E-state index is -0.269. The van der Waals surface area contributed by atoms with Crippen molar-refractivity contribution in [1.82, 2.24) is 19.8 Å². The van der Waals surface area contributed by atoms with Crippen molar-refractivity contribution < 1.29 is 4.84 Å². The number of hydrogen-bond acceptors (Lipinski definition) is 6. The van der Waals surface area contributed by atoms with Crippen molar-refractivity contribution in [3.05, 3.63) is 39.8 Å². The molecule has 0 N–H and O–H groups in total. The van der Waals surface area contributed by atoms with Gasteiger partial charge in [-0.2, -0.15) is 9.36 Å². The molecule has 1 heterocycles. The number of aryl methyl sites for hydroxylation is 2. The van der Waals surface area contributed by atoms with Gasteiger partial charge in [0.25, 0.3) is 0 Å². The number of thioether (sulfide) groups is 1. The van der Waals surface area contributed by atoms with Gasteiger partial charge in [-0.25, -0.2) is 4.79 Å². The lowest BCUT2D eigenvalue weighted by Crippen LogP contribution is -2.23. The van der Waals surface area contributed by atoms with Crippen molar-refractivity contribution in [2.45, 2.75) is 19.6 Å². The summed E-state index contributed by atoms with van der Waals surface area (Å²) >= 11 is 1.54. The van der Waals surface area contributed by atoms with Gasteiger partial charge in [-0.3, -0.25) is 0 Å². The zero-order valence-corrected chi connectivity index (χ0v) is 13.2. The van der Waals surface area contributed by atoms with Crippen LogP contribution in [0.2, 0.25) is 0 Å². The smallest absolute Gasteiger partial charge is 0.368 e. The third-order valence-electron chi connectivity index (χ3n) is 2.98. The van der Waals surface area contributed by atoms with E-state index in [4.69, 9.17) is 4.84 Å². The molecule has 1 aromatic heterocycles. The number of benzene rings is 1. The van der Waals surface area contributed by atoms with Crippen molar-refractivity contribution in [2.75, 3.05) is 7.11 Å². The SMILES string of the molecule is CON=C(C)SCc1c(C)cccc1-n1nnn(C)c1=O. The summed E-state index contributed by atoms with van der Waals surface area (Å²) < 4.78 is 2.52. The number of aromatic nitrogens is 4. The van der Waals surface area contributed by atoms with Crippen LogP contribution in [-0.4, -0.2) is 31.9 Å². The largest absolute Gasteiger partial charge is 0.399 e.